The number of carbonyl (C=O) groups is 2. The Balaban J connectivity index is 1.51. The molecule has 24 heavy (non-hydrogen) atoms. The first-order valence-corrected chi connectivity index (χ1v) is 8.18. The summed E-state index contributed by atoms with van der Waals surface area (Å²) in [6, 6.07) is 8.72. The van der Waals surface area contributed by atoms with E-state index in [0.29, 0.717) is 42.3 Å². The molecule has 6 nitrogen and oxygen atoms in total. The lowest BCUT2D eigenvalue weighted by Crippen LogP contribution is -2.62. The van der Waals surface area contributed by atoms with Gasteiger partial charge in [-0.1, -0.05) is 17.7 Å². The predicted molar refractivity (Wildman–Crippen MR) is 89.1 cm³/mol. The molecule has 2 aliphatic heterocycles. The van der Waals surface area contributed by atoms with Gasteiger partial charge in [0.15, 0.2) is 5.76 Å². The van der Waals surface area contributed by atoms with E-state index in [9.17, 15) is 9.59 Å². The summed E-state index contributed by atoms with van der Waals surface area (Å²) >= 11 is 6.12. The fourth-order valence-corrected chi connectivity index (χ4v) is 3.59. The minimum atomic E-state index is -0.547. The van der Waals surface area contributed by atoms with E-state index < -0.39 is 5.66 Å². The molecule has 1 aromatic heterocycles. The second-order valence-corrected chi connectivity index (χ2v) is 6.50. The smallest absolute Gasteiger partial charge is 0.289 e. The molecule has 2 aromatic rings. The molecule has 0 saturated carbocycles. The summed E-state index contributed by atoms with van der Waals surface area (Å²) in [6.07, 6.45) is 2.70. The van der Waals surface area contributed by atoms with E-state index in [4.69, 9.17) is 16.0 Å². The van der Waals surface area contributed by atoms with Crippen LogP contribution in [0, 0.1) is 0 Å². The molecule has 0 unspecified atom stereocenters. The molecule has 1 spiro atoms. The summed E-state index contributed by atoms with van der Waals surface area (Å²) in [5, 5.41) is 6.86. The monoisotopic (exact) mass is 345 g/mol. The van der Waals surface area contributed by atoms with Crippen molar-refractivity contribution >= 4 is 29.1 Å². The van der Waals surface area contributed by atoms with Crippen LogP contribution in [0.25, 0.3) is 0 Å². The van der Waals surface area contributed by atoms with E-state index in [1.807, 2.05) is 12.1 Å². The topological polar surface area (TPSA) is 74.6 Å². The molecule has 0 radical (unpaired) electrons. The van der Waals surface area contributed by atoms with Crippen LogP contribution >= 0.6 is 11.6 Å². The van der Waals surface area contributed by atoms with Gasteiger partial charge in [-0.3, -0.25) is 9.59 Å². The number of halogens is 1. The highest BCUT2D eigenvalue weighted by Gasteiger charge is 2.41. The van der Waals surface area contributed by atoms with E-state index in [-0.39, 0.29) is 11.8 Å². The molecule has 0 atom stereocenters. The first kappa shape index (κ1) is 15.1. The highest BCUT2D eigenvalue weighted by atomic mass is 35.5. The Bertz CT molecular complexity index is 795. The fraction of sp³-hybridized carbons (Fsp3) is 0.294. The van der Waals surface area contributed by atoms with Crippen molar-refractivity contribution in [2.24, 2.45) is 0 Å². The summed E-state index contributed by atoms with van der Waals surface area (Å²) in [5.74, 6) is 0.0318. The first-order valence-electron chi connectivity index (χ1n) is 7.80. The largest absolute Gasteiger partial charge is 0.459 e. The van der Waals surface area contributed by atoms with Gasteiger partial charge < -0.3 is 20.0 Å². The predicted octanol–water partition coefficient (Wildman–Crippen LogP) is 2.72. The van der Waals surface area contributed by atoms with Crippen molar-refractivity contribution in [2.45, 2.75) is 18.5 Å². The number of amides is 2. The number of hydrogen-bond acceptors (Lipinski definition) is 4. The van der Waals surface area contributed by atoms with Gasteiger partial charge >= 0.3 is 0 Å². The summed E-state index contributed by atoms with van der Waals surface area (Å²) in [5.41, 5.74) is 0.658. The maximum atomic E-state index is 12.5. The third-order valence-electron chi connectivity index (χ3n) is 4.60. The van der Waals surface area contributed by atoms with Crippen molar-refractivity contribution in [3.63, 3.8) is 0 Å². The molecule has 124 valence electrons. The summed E-state index contributed by atoms with van der Waals surface area (Å²) < 4.78 is 5.17. The molecule has 2 N–H and O–H groups in total. The molecule has 1 aromatic carbocycles. The van der Waals surface area contributed by atoms with E-state index >= 15 is 0 Å². The van der Waals surface area contributed by atoms with Crippen molar-refractivity contribution in [1.29, 1.82) is 0 Å². The standard InChI is InChI=1S/C17H16ClN3O3/c18-11-3-1-4-12-14(11)15(22)20-17(19-12)6-8-21(9-7-17)16(23)13-5-2-10-24-13/h1-5,10,19H,6-9H2,(H,20,22). The van der Waals surface area contributed by atoms with E-state index in [1.54, 1.807) is 23.1 Å². The molecule has 0 aliphatic carbocycles. The van der Waals surface area contributed by atoms with E-state index in [0.717, 1.165) is 5.69 Å². The number of fused-ring (bicyclic) bond motifs is 1. The molecule has 1 fully saturated rings. The molecular formula is C17H16ClN3O3. The molecular weight excluding hydrogens is 330 g/mol. The third kappa shape index (κ3) is 2.43. The maximum Gasteiger partial charge on any atom is 0.289 e. The zero-order chi connectivity index (χ0) is 16.7. The zero-order valence-corrected chi connectivity index (χ0v) is 13.6. The van der Waals surface area contributed by atoms with E-state index in [1.165, 1.54) is 6.26 Å². The number of hydrogen-bond donors (Lipinski definition) is 2. The average Bonchev–Trinajstić information content (AvgIpc) is 3.09. The van der Waals surface area contributed by atoms with Gasteiger partial charge in [0.25, 0.3) is 11.8 Å². The number of likely N-dealkylation sites (tertiary alicyclic amines) is 1. The molecule has 2 aliphatic rings. The lowest BCUT2D eigenvalue weighted by molar-refractivity contribution is 0.0612. The quantitative estimate of drug-likeness (QED) is 0.833. The molecule has 2 amide bonds. The third-order valence-corrected chi connectivity index (χ3v) is 4.92. The van der Waals surface area contributed by atoms with Crippen LogP contribution in [0.4, 0.5) is 5.69 Å². The highest BCUT2D eigenvalue weighted by molar-refractivity contribution is 6.34. The second kappa shape index (κ2) is 5.56. The second-order valence-electron chi connectivity index (χ2n) is 6.09. The Morgan fingerprint density at radius 1 is 1.17 bits per heavy atom. The number of furan rings is 1. The SMILES string of the molecule is O=C1NC2(CCN(C(=O)c3ccco3)CC2)Nc2cccc(Cl)c21. The first-order chi connectivity index (χ1) is 11.6. The zero-order valence-electron chi connectivity index (χ0n) is 12.8. The Kier molecular flexibility index (Phi) is 3.49. The number of anilines is 1. The van der Waals surface area contributed by atoms with Crippen molar-refractivity contribution in [1.82, 2.24) is 10.2 Å². The van der Waals surface area contributed by atoms with Crippen LogP contribution in [0.2, 0.25) is 5.02 Å². The fourth-order valence-electron chi connectivity index (χ4n) is 3.33. The van der Waals surface area contributed by atoms with Gasteiger partial charge in [0.2, 0.25) is 0 Å². The minimum Gasteiger partial charge on any atom is -0.459 e. The van der Waals surface area contributed by atoms with Gasteiger partial charge in [0.05, 0.1) is 22.5 Å². The van der Waals surface area contributed by atoms with E-state index in [2.05, 4.69) is 10.6 Å². The lowest BCUT2D eigenvalue weighted by Gasteiger charge is -2.45. The Morgan fingerprint density at radius 3 is 2.67 bits per heavy atom. The summed E-state index contributed by atoms with van der Waals surface area (Å²) in [6.45, 7) is 1.06. The summed E-state index contributed by atoms with van der Waals surface area (Å²) in [7, 11) is 0. The Hall–Kier alpha value is -2.47. The number of nitrogens with one attached hydrogen (secondary N) is 2. The van der Waals surface area contributed by atoms with Crippen LogP contribution in [0.15, 0.2) is 41.0 Å². The minimum absolute atomic E-state index is 0.125. The van der Waals surface area contributed by atoms with Crippen molar-refractivity contribution in [2.75, 3.05) is 18.4 Å². The normalized spacial score (nSPS) is 18.7. The number of nitrogens with zero attached hydrogens (tertiary/aromatic N) is 1. The summed E-state index contributed by atoms with van der Waals surface area (Å²) in [4.78, 5) is 26.5. The van der Waals surface area contributed by atoms with Gasteiger partial charge in [0.1, 0.15) is 5.66 Å². The average molecular weight is 346 g/mol. The lowest BCUT2D eigenvalue weighted by atomic mass is 9.92. The van der Waals surface area contributed by atoms with Crippen molar-refractivity contribution in [3.05, 3.63) is 52.9 Å². The van der Waals surface area contributed by atoms with Crippen LogP contribution in [-0.4, -0.2) is 35.5 Å². The number of benzene rings is 1. The molecule has 1 saturated heterocycles. The van der Waals surface area contributed by atoms with Crippen LogP contribution in [0.1, 0.15) is 33.8 Å². The van der Waals surface area contributed by atoms with Crippen molar-refractivity contribution in [3.8, 4) is 0 Å². The molecule has 0 bridgehead atoms. The maximum absolute atomic E-state index is 12.5. The Morgan fingerprint density at radius 2 is 1.96 bits per heavy atom. The van der Waals surface area contributed by atoms with Gasteiger partial charge in [-0.15, -0.1) is 0 Å². The van der Waals surface area contributed by atoms with Gasteiger partial charge in [-0.05, 0) is 24.3 Å². The highest BCUT2D eigenvalue weighted by Crippen LogP contribution is 2.34. The van der Waals surface area contributed by atoms with Crippen LogP contribution < -0.4 is 10.6 Å². The van der Waals surface area contributed by atoms with Gasteiger partial charge in [-0.2, -0.15) is 0 Å². The molecule has 3 heterocycles. The van der Waals surface area contributed by atoms with Crippen LogP contribution in [-0.2, 0) is 0 Å². The number of rotatable bonds is 1. The Labute approximate surface area is 143 Å². The number of carbonyl (C=O) groups excluding carboxylic acids is 2. The molecule has 7 heteroatoms. The van der Waals surface area contributed by atoms with Gasteiger partial charge in [-0.25, -0.2) is 0 Å². The number of piperidine rings is 1. The van der Waals surface area contributed by atoms with Crippen molar-refractivity contribution < 1.29 is 14.0 Å². The van der Waals surface area contributed by atoms with Gasteiger partial charge in [0, 0.05) is 25.9 Å². The molecule has 4 rings (SSSR count). The van der Waals surface area contributed by atoms with Crippen LogP contribution in [0.5, 0.6) is 0 Å². The van der Waals surface area contributed by atoms with Crippen LogP contribution in [0.3, 0.4) is 0 Å².